The van der Waals surface area contributed by atoms with Gasteiger partial charge in [0.25, 0.3) is 5.91 Å². The van der Waals surface area contributed by atoms with Crippen LogP contribution in [-0.2, 0) is 23.9 Å². The first-order valence-corrected chi connectivity index (χ1v) is 10.6. The molecule has 1 saturated heterocycles. The lowest BCUT2D eigenvalue weighted by Gasteiger charge is -2.29. The molecule has 0 aromatic heterocycles. The number of hydrogen-bond donors (Lipinski definition) is 3. The Hall–Kier alpha value is -2.43. The normalized spacial score (nSPS) is 21.5. The first kappa shape index (κ1) is 23.8. The Balaban J connectivity index is 2.00. The molecule has 0 radical (unpaired) electrons. The standard InChI is InChI=1S/C20H26N2O7S/c1-12(23)28-17(25)10-6-9-15(22-27)19-18(29-13(2)24)16(11-30-19)21-20(26)14-7-4-3-5-8-14/h3-5,7-8,15-16,18-19,22,27H,6,9-11H2,1-2H3,(H,21,26)/t15-,16-,18+,19+/m1/s1. The Morgan fingerprint density at radius 1 is 1.17 bits per heavy atom. The smallest absolute Gasteiger partial charge is 0.313 e. The second-order valence-corrected chi connectivity index (χ2v) is 8.12. The molecule has 1 aliphatic rings. The summed E-state index contributed by atoms with van der Waals surface area (Å²) in [7, 11) is 0. The summed E-state index contributed by atoms with van der Waals surface area (Å²) in [4.78, 5) is 46.5. The Morgan fingerprint density at radius 2 is 1.87 bits per heavy atom. The fourth-order valence-electron chi connectivity index (χ4n) is 3.26. The van der Waals surface area contributed by atoms with E-state index in [0.717, 1.165) is 6.92 Å². The average molecular weight is 439 g/mol. The van der Waals surface area contributed by atoms with E-state index < -0.39 is 36.1 Å². The van der Waals surface area contributed by atoms with Gasteiger partial charge in [0.05, 0.1) is 11.3 Å². The van der Waals surface area contributed by atoms with E-state index in [-0.39, 0.29) is 17.6 Å². The molecule has 0 spiro atoms. The lowest BCUT2D eigenvalue weighted by molar-refractivity contribution is -0.158. The van der Waals surface area contributed by atoms with E-state index in [1.165, 1.54) is 18.7 Å². The molecular formula is C20H26N2O7S. The molecule has 1 amide bonds. The summed E-state index contributed by atoms with van der Waals surface area (Å²) >= 11 is 1.46. The molecule has 30 heavy (non-hydrogen) atoms. The van der Waals surface area contributed by atoms with Gasteiger partial charge in [0.15, 0.2) is 0 Å². The lowest BCUT2D eigenvalue weighted by Crippen LogP contribution is -2.51. The van der Waals surface area contributed by atoms with Gasteiger partial charge in [0, 0.05) is 37.6 Å². The predicted molar refractivity (Wildman–Crippen MR) is 109 cm³/mol. The Bertz CT molecular complexity index is 759. The van der Waals surface area contributed by atoms with Crippen LogP contribution < -0.4 is 10.8 Å². The van der Waals surface area contributed by atoms with E-state index in [1.54, 1.807) is 24.3 Å². The van der Waals surface area contributed by atoms with Gasteiger partial charge in [-0.1, -0.05) is 18.2 Å². The van der Waals surface area contributed by atoms with E-state index in [9.17, 15) is 24.4 Å². The first-order valence-electron chi connectivity index (χ1n) is 9.57. The van der Waals surface area contributed by atoms with Gasteiger partial charge in [-0.2, -0.15) is 11.8 Å². The van der Waals surface area contributed by atoms with Crippen molar-refractivity contribution in [1.29, 1.82) is 0 Å². The van der Waals surface area contributed by atoms with E-state index >= 15 is 0 Å². The van der Waals surface area contributed by atoms with Gasteiger partial charge in [0.1, 0.15) is 6.10 Å². The van der Waals surface area contributed by atoms with Gasteiger partial charge < -0.3 is 20.0 Å². The minimum absolute atomic E-state index is 0.0154. The van der Waals surface area contributed by atoms with Crippen LogP contribution in [0.2, 0.25) is 0 Å². The molecule has 10 heteroatoms. The number of hydrogen-bond acceptors (Lipinski definition) is 9. The highest BCUT2D eigenvalue weighted by molar-refractivity contribution is 8.00. The van der Waals surface area contributed by atoms with Crippen LogP contribution in [0.25, 0.3) is 0 Å². The second kappa shape index (κ2) is 11.7. The Morgan fingerprint density at radius 3 is 2.47 bits per heavy atom. The number of hydroxylamine groups is 1. The number of benzene rings is 1. The number of nitrogens with one attached hydrogen (secondary N) is 2. The fraction of sp³-hybridized carbons (Fsp3) is 0.500. The van der Waals surface area contributed by atoms with Crippen LogP contribution in [0.3, 0.4) is 0 Å². The first-order chi connectivity index (χ1) is 14.3. The summed E-state index contributed by atoms with van der Waals surface area (Å²) in [5.41, 5.74) is 2.72. The van der Waals surface area contributed by atoms with Crippen LogP contribution in [0.4, 0.5) is 0 Å². The monoisotopic (exact) mass is 438 g/mol. The van der Waals surface area contributed by atoms with Gasteiger partial charge in [-0.3, -0.25) is 19.2 Å². The number of amides is 1. The van der Waals surface area contributed by atoms with Crippen LogP contribution in [0.1, 0.15) is 43.5 Å². The molecule has 0 unspecified atom stereocenters. The molecule has 0 aliphatic carbocycles. The van der Waals surface area contributed by atoms with E-state index in [4.69, 9.17) is 4.74 Å². The van der Waals surface area contributed by atoms with Crippen molar-refractivity contribution in [3.63, 3.8) is 0 Å². The summed E-state index contributed by atoms with van der Waals surface area (Å²) in [6, 6.07) is 7.77. The molecule has 1 aliphatic heterocycles. The number of carbonyl (C=O) groups excluding carboxylic acids is 4. The molecule has 164 valence electrons. The highest BCUT2D eigenvalue weighted by Crippen LogP contribution is 2.34. The van der Waals surface area contributed by atoms with E-state index in [2.05, 4.69) is 15.5 Å². The van der Waals surface area contributed by atoms with Crippen molar-refractivity contribution < 1.29 is 33.9 Å². The van der Waals surface area contributed by atoms with Crippen molar-refractivity contribution in [2.24, 2.45) is 0 Å². The minimum Gasteiger partial charge on any atom is -0.459 e. The molecule has 2 rings (SSSR count). The molecular weight excluding hydrogens is 412 g/mol. The highest BCUT2D eigenvalue weighted by atomic mass is 32.2. The maximum atomic E-state index is 12.5. The largest absolute Gasteiger partial charge is 0.459 e. The van der Waals surface area contributed by atoms with Crippen molar-refractivity contribution in [2.75, 3.05) is 5.75 Å². The molecule has 1 aromatic carbocycles. The molecule has 1 fully saturated rings. The zero-order valence-electron chi connectivity index (χ0n) is 16.8. The van der Waals surface area contributed by atoms with Crippen molar-refractivity contribution in [1.82, 2.24) is 10.8 Å². The molecule has 9 nitrogen and oxygen atoms in total. The highest BCUT2D eigenvalue weighted by Gasteiger charge is 2.44. The zero-order chi connectivity index (χ0) is 22.1. The zero-order valence-corrected chi connectivity index (χ0v) is 17.6. The van der Waals surface area contributed by atoms with Crippen LogP contribution in [-0.4, -0.2) is 58.2 Å². The van der Waals surface area contributed by atoms with Crippen molar-refractivity contribution in [3.05, 3.63) is 35.9 Å². The molecule has 4 atom stereocenters. The SMILES string of the molecule is CC(=O)OC(=O)CCC[C@@H](NO)[C@@H]1SC[C@@H](NC(=O)c2ccccc2)[C@@H]1OC(C)=O. The maximum absolute atomic E-state index is 12.5. The number of ether oxygens (including phenoxy) is 2. The quantitative estimate of drug-likeness (QED) is 0.298. The van der Waals surface area contributed by atoms with Crippen LogP contribution in [0, 0.1) is 0 Å². The topological polar surface area (TPSA) is 131 Å². The molecule has 0 saturated carbocycles. The van der Waals surface area contributed by atoms with E-state index in [1.807, 2.05) is 6.07 Å². The maximum Gasteiger partial charge on any atom is 0.313 e. The molecule has 0 bridgehead atoms. The molecule has 3 N–H and O–H groups in total. The van der Waals surface area contributed by atoms with Crippen LogP contribution in [0.15, 0.2) is 30.3 Å². The second-order valence-electron chi connectivity index (χ2n) is 6.91. The number of carbonyl (C=O) groups is 4. The Labute approximate surface area is 178 Å². The van der Waals surface area contributed by atoms with Crippen LogP contribution >= 0.6 is 11.8 Å². The third-order valence-corrected chi connectivity index (χ3v) is 6.09. The van der Waals surface area contributed by atoms with Gasteiger partial charge in [-0.05, 0) is 25.0 Å². The summed E-state index contributed by atoms with van der Waals surface area (Å²) in [5.74, 6) is -1.59. The summed E-state index contributed by atoms with van der Waals surface area (Å²) < 4.78 is 9.96. The third-order valence-electron chi connectivity index (χ3n) is 4.56. The van der Waals surface area contributed by atoms with Gasteiger partial charge >= 0.3 is 17.9 Å². The molecule has 1 heterocycles. The fourth-order valence-corrected chi connectivity index (χ4v) is 4.83. The van der Waals surface area contributed by atoms with Crippen LogP contribution in [0.5, 0.6) is 0 Å². The number of rotatable bonds is 9. The lowest BCUT2D eigenvalue weighted by atomic mass is 9.99. The summed E-state index contributed by atoms with van der Waals surface area (Å²) in [5, 5.41) is 12.2. The van der Waals surface area contributed by atoms with Crippen molar-refractivity contribution >= 4 is 35.6 Å². The van der Waals surface area contributed by atoms with Crippen molar-refractivity contribution in [2.45, 2.75) is 56.5 Å². The summed E-state index contributed by atoms with van der Waals surface area (Å²) in [6.45, 7) is 2.44. The minimum atomic E-state index is -0.671. The third kappa shape index (κ3) is 7.12. The number of thioether (sulfide) groups is 1. The molecule has 1 aromatic rings. The summed E-state index contributed by atoms with van der Waals surface area (Å²) in [6.07, 6.45) is 0.0868. The number of esters is 3. The van der Waals surface area contributed by atoms with Gasteiger partial charge in [-0.25, -0.2) is 5.48 Å². The predicted octanol–water partition coefficient (Wildman–Crippen LogP) is 1.44. The van der Waals surface area contributed by atoms with Gasteiger partial charge in [0.2, 0.25) is 0 Å². The van der Waals surface area contributed by atoms with Gasteiger partial charge in [-0.15, -0.1) is 0 Å². The van der Waals surface area contributed by atoms with E-state index in [0.29, 0.717) is 24.2 Å². The average Bonchev–Trinajstić information content (AvgIpc) is 3.06. The Kier molecular flexibility index (Phi) is 9.28. The van der Waals surface area contributed by atoms with Crippen molar-refractivity contribution in [3.8, 4) is 0 Å².